The van der Waals surface area contributed by atoms with E-state index >= 15 is 0 Å². The van der Waals surface area contributed by atoms with E-state index in [4.69, 9.17) is 0 Å². The summed E-state index contributed by atoms with van der Waals surface area (Å²) in [6.45, 7) is 4.47. The number of amides is 1. The van der Waals surface area contributed by atoms with Gasteiger partial charge in [-0.1, -0.05) is 13.0 Å². The molecule has 1 N–H and O–H groups in total. The molecule has 120 valence electrons. The Morgan fingerprint density at radius 1 is 1.30 bits per heavy atom. The first-order valence-corrected chi connectivity index (χ1v) is 8.11. The van der Waals surface area contributed by atoms with Crippen LogP contribution in [0.2, 0.25) is 0 Å². The average molecular weight is 310 g/mol. The minimum atomic E-state index is 0.0260. The molecule has 0 aromatic carbocycles. The Balaban J connectivity index is 1.66. The van der Waals surface area contributed by atoms with Gasteiger partial charge in [0.1, 0.15) is 5.69 Å². The van der Waals surface area contributed by atoms with E-state index in [0.29, 0.717) is 18.2 Å². The SMILES string of the molecule is CC1CCCN(C(=O)c2cc(NCc3ccccn3)ccn2)C1. The molecule has 1 unspecified atom stereocenters. The Labute approximate surface area is 136 Å². The molecule has 0 bridgehead atoms. The van der Waals surface area contributed by atoms with Gasteiger partial charge in [0.15, 0.2) is 0 Å². The summed E-state index contributed by atoms with van der Waals surface area (Å²) < 4.78 is 0. The van der Waals surface area contributed by atoms with E-state index in [1.165, 1.54) is 6.42 Å². The van der Waals surface area contributed by atoms with Gasteiger partial charge in [-0.2, -0.15) is 0 Å². The van der Waals surface area contributed by atoms with E-state index in [9.17, 15) is 4.79 Å². The normalized spacial score (nSPS) is 17.8. The van der Waals surface area contributed by atoms with Crippen molar-refractivity contribution in [3.8, 4) is 0 Å². The van der Waals surface area contributed by atoms with Crippen LogP contribution in [0, 0.1) is 5.92 Å². The number of carbonyl (C=O) groups is 1. The Bertz CT molecular complexity index is 659. The van der Waals surface area contributed by atoms with Crippen LogP contribution in [-0.2, 0) is 6.54 Å². The summed E-state index contributed by atoms with van der Waals surface area (Å²) in [6, 6.07) is 9.52. The number of aromatic nitrogens is 2. The Kier molecular flexibility index (Phi) is 4.86. The number of likely N-dealkylation sites (tertiary alicyclic amines) is 1. The Hall–Kier alpha value is -2.43. The molecular weight excluding hydrogens is 288 g/mol. The van der Waals surface area contributed by atoms with Crippen molar-refractivity contribution in [1.29, 1.82) is 0 Å². The first-order valence-electron chi connectivity index (χ1n) is 8.11. The molecular formula is C18H22N4O. The second-order valence-electron chi connectivity index (χ2n) is 6.10. The van der Waals surface area contributed by atoms with Crippen molar-refractivity contribution in [1.82, 2.24) is 14.9 Å². The lowest BCUT2D eigenvalue weighted by Gasteiger charge is -2.30. The van der Waals surface area contributed by atoms with Gasteiger partial charge in [-0.15, -0.1) is 0 Å². The first-order chi connectivity index (χ1) is 11.2. The third-order valence-electron chi connectivity index (χ3n) is 4.12. The van der Waals surface area contributed by atoms with Gasteiger partial charge in [0.25, 0.3) is 5.91 Å². The third-order valence-corrected chi connectivity index (χ3v) is 4.12. The van der Waals surface area contributed by atoms with Gasteiger partial charge in [0.2, 0.25) is 0 Å². The molecule has 2 aromatic rings. The van der Waals surface area contributed by atoms with Crippen molar-refractivity contribution >= 4 is 11.6 Å². The van der Waals surface area contributed by atoms with Gasteiger partial charge in [0, 0.05) is 31.2 Å². The molecule has 5 nitrogen and oxygen atoms in total. The number of hydrogen-bond donors (Lipinski definition) is 1. The van der Waals surface area contributed by atoms with Crippen LogP contribution in [0.4, 0.5) is 5.69 Å². The number of hydrogen-bond acceptors (Lipinski definition) is 4. The van der Waals surface area contributed by atoms with E-state index < -0.39 is 0 Å². The third kappa shape index (κ3) is 4.06. The standard InChI is InChI=1S/C18H22N4O/c1-14-5-4-10-22(13-14)18(23)17-11-15(7-9-20-17)21-12-16-6-2-3-8-19-16/h2-3,6-9,11,14H,4-5,10,12-13H2,1H3,(H,20,21). The largest absolute Gasteiger partial charge is 0.379 e. The van der Waals surface area contributed by atoms with Crippen LogP contribution in [0.1, 0.15) is 35.9 Å². The van der Waals surface area contributed by atoms with Crippen molar-refractivity contribution < 1.29 is 4.79 Å². The smallest absolute Gasteiger partial charge is 0.272 e. The summed E-state index contributed by atoms with van der Waals surface area (Å²) in [5.41, 5.74) is 2.35. The molecule has 23 heavy (non-hydrogen) atoms. The molecule has 0 aliphatic carbocycles. The Morgan fingerprint density at radius 2 is 2.22 bits per heavy atom. The predicted octanol–water partition coefficient (Wildman–Crippen LogP) is 2.96. The van der Waals surface area contributed by atoms with Crippen molar-refractivity contribution in [2.24, 2.45) is 5.92 Å². The van der Waals surface area contributed by atoms with Crippen molar-refractivity contribution in [3.05, 3.63) is 54.1 Å². The second kappa shape index (κ2) is 7.22. The van der Waals surface area contributed by atoms with E-state index in [0.717, 1.165) is 30.9 Å². The quantitative estimate of drug-likeness (QED) is 0.943. The summed E-state index contributed by atoms with van der Waals surface area (Å²) in [5.74, 6) is 0.594. The number of pyridine rings is 2. The highest BCUT2D eigenvalue weighted by atomic mass is 16.2. The van der Waals surface area contributed by atoms with Gasteiger partial charge in [-0.05, 0) is 43.0 Å². The molecule has 0 saturated carbocycles. The summed E-state index contributed by atoms with van der Waals surface area (Å²) in [6.07, 6.45) is 5.73. The van der Waals surface area contributed by atoms with Gasteiger partial charge in [-0.3, -0.25) is 14.8 Å². The highest BCUT2D eigenvalue weighted by Crippen LogP contribution is 2.18. The van der Waals surface area contributed by atoms with Crippen LogP contribution in [0.5, 0.6) is 0 Å². The van der Waals surface area contributed by atoms with Crippen LogP contribution >= 0.6 is 0 Å². The summed E-state index contributed by atoms with van der Waals surface area (Å²) in [5, 5.41) is 3.29. The van der Waals surface area contributed by atoms with Gasteiger partial charge in [-0.25, -0.2) is 0 Å². The fourth-order valence-electron chi connectivity index (χ4n) is 2.89. The molecule has 1 aliphatic heterocycles. The lowest BCUT2D eigenvalue weighted by Crippen LogP contribution is -2.39. The summed E-state index contributed by atoms with van der Waals surface area (Å²) in [4.78, 5) is 23.0. The molecule has 0 radical (unpaired) electrons. The van der Waals surface area contributed by atoms with E-state index in [2.05, 4.69) is 22.2 Å². The molecule has 2 aromatic heterocycles. The lowest BCUT2D eigenvalue weighted by atomic mass is 10.00. The highest BCUT2D eigenvalue weighted by Gasteiger charge is 2.22. The van der Waals surface area contributed by atoms with Gasteiger partial charge < -0.3 is 10.2 Å². The van der Waals surface area contributed by atoms with E-state index in [1.54, 1.807) is 12.4 Å². The van der Waals surface area contributed by atoms with Crippen LogP contribution in [0.3, 0.4) is 0 Å². The summed E-state index contributed by atoms with van der Waals surface area (Å²) in [7, 11) is 0. The second-order valence-corrected chi connectivity index (χ2v) is 6.10. The van der Waals surface area contributed by atoms with Gasteiger partial charge in [0.05, 0.1) is 12.2 Å². The number of anilines is 1. The molecule has 0 spiro atoms. The predicted molar refractivity (Wildman–Crippen MR) is 90.1 cm³/mol. The zero-order valence-corrected chi connectivity index (χ0v) is 13.4. The monoisotopic (exact) mass is 310 g/mol. The maximum Gasteiger partial charge on any atom is 0.272 e. The molecule has 1 amide bonds. The number of nitrogens with one attached hydrogen (secondary N) is 1. The summed E-state index contributed by atoms with van der Waals surface area (Å²) >= 11 is 0. The number of nitrogens with zero attached hydrogens (tertiary/aromatic N) is 3. The lowest BCUT2D eigenvalue weighted by molar-refractivity contribution is 0.0677. The van der Waals surface area contributed by atoms with Crippen LogP contribution in [-0.4, -0.2) is 33.9 Å². The van der Waals surface area contributed by atoms with Crippen molar-refractivity contribution in [2.45, 2.75) is 26.3 Å². The van der Waals surface area contributed by atoms with Gasteiger partial charge >= 0.3 is 0 Å². The highest BCUT2D eigenvalue weighted by molar-refractivity contribution is 5.93. The van der Waals surface area contributed by atoms with Crippen molar-refractivity contribution in [2.75, 3.05) is 18.4 Å². The molecule has 3 rings (SSSR count). The maximum absolute atomic E-state index is 12.6. The number of carbonyl (C=O) groups excluding carboxylic acids is 1. The maximum atomic E-state index is 12.6. The fraction of sp³-hybridized carbons (Fsp3) is 0.389. The van der Waals surface area contributed by atoms with E-state index in [-0.39, 0.29) is 5.91 Å². The zero-order valence-electron chi connectivity index (χ0n) is 13.4. The van der Waals surface area contributed by atoms with Crippen molar-refractivity contribution in [3.63, 3.8) is 0 Å². The minimum absolute atomic E-state index is 0.0260. The molecule has 1 atom stereocenters. The van der Waals surface area contributed by atoms with Crippen LogP contribution in [0.15, 0.2) is 42.7 Å². The molecule has 1 saturated heterocycles. The molecule has 1 fully saturated rings. The van der Waals surface area contributed by atoms with E-state index in [1.807, 2.05) is 35.2 Å². The molecule has 5 heteroatoms. The topological polar surface area (TPSA) is 58.1 Å². The molecule has 1 aliphatic rings. The first kappa shape index (κ1) is 15.5. The minimum Gasteiger partial charge on any atom is -0.379 e. The number of rotatable bonds is 4. The zero-order chi connectivity index (χ0) is 16.1. The van der Waals surface area contributed by atoms with Crippen LogP contribution < -0.4 is 5.32 Å². The average Bonchev–Trinajstić information content (AvgIpc) is 2.60. The fourth-order valence-corrected chi connectivity index (χ4v) is 2.89. The Morgan fingerprint density at radius 3 is 3.00 bits per heavy atom. The molecule has 3 heterocycles. The number of piperidine rings is 1. The van der Waals surface area contributed by atoms with Crippen LogP contribution in [0.25, 0.3) is 0 Å².